The number of ether oxygens (including phenoxy) is 2. The van der Waals surface area contributed by atoms with Crippen LogP contribution in [0.4, 0.5) is 0 Å². The molecule has 3 aromatic rings. The second kappa shape index (κ2) is 9.60. The van der Waals surface area contributed by atoms with E-state index in [1.807, 2.05) is 73.7 Å². The van der Waals surface area contributed by atoms with Gasteiger partial charge in [0, 0.05) is 17.7 Å². The number of benzene rings is 3. The van der Waals surface area contributed by atoms with E-state index in [-0.39, 0.29) is 5.91 Å². The lowest BCUT2D eigenvalue weighted by Gasteiger charge is -2.13. The van der Waals surface area contributed by atoms with Crippen molar-refractivity contribution in [2.45, 2.75) is 20.0 Å². The molecule has 4 nitrogen and oxygen atoms in total. The predicted molar refractivity (Wildman–Crippen MR) is 111 cm³/mol. The Balaban J connectivity index is 1.61. The maximum atomic E-state index is 12.7. The molecule has 0 aromatic heterocycles. The normalized spacial score (nSPS) is 10.4. The second-order valence-electron chi connectivity index (χ2n) is 6.58. The van der Waals surface area contributed by atoms with Crippen molar-refractivity contribution in [1.29, 1.82) is 0 Å². The molecule has 0 aliphatic rings. The van der Waals surface area contributed by atoms with Gasteiger partial charge in [-0.3, -0.25) is 4.79 Å². The topological polar surface area (TPSA) is 47.6 Å². The number of rotatable bonds is 8. The molecule has 1 amide bonds. The van der Waals surface area contributed by atoms with Gasteiger partial charge in [-0.25, -0.2) is 0 Å². The van der Waals surface area contributed by atoms with Crippen LogP contribution in [0.5, 0.6) is 11.5 Å². The van der Waals surface area contributed by atoms with Gasteiger partial charge in [0.25, 0.3) is 5.91 Å². The summed E-state index contributed by atoms with van der Waals surface area (Å²) in [6, 6.07) is 23.2. The number of hydrogen-bond acceptors (Lipinski definition) is 3. The molecule has 0 saturated carbocycles. The van der Waals surface area contributed by atoms with Gasteiger partial charge in [0.15, 0.2) is 0 Å². The van der Waals surface area contributed by atoms with Crippen molar-refractivity contribution in [2.24, 2.45) is 0 Å². The van der Waals surface area contributed by atoms with Gasteiger partial charge < -0.3 is 14.8 Å². The highest BCUT2D eigenvalue weighted by Gasteiger charge is 2.12. The van der Waals surface area contributed by atoms with E-state index in [0.29, 0.717) is 25.1 Å². The molecule has 1 N–H and O–H groups in total. The molecule has 0 fully saturated rings. The summed E-state index contributed by atoms with van der Waals surface area (Å²) in [5.41, 5.74) is 3.75. The highest BCUT2D eigenvalue weighted by Crippen LogP contribution is 2.20. The lowest BCUT2D eigenvalue weighted by molar-refractivity contribution is 0.0951. The minimum atomic E-state index is -0.0983. The van der Waals surface area contributed by atoms with Crippen LogP contribution < -0.4 is 14.8 Å². The van der Waals surface area contributed by atoms with Crippen molar-refractivity contribution in [2.75, 3.05) is 13.7 Å². The van der Waals surface area contributed by atoms with Gasteiger partial charge in [-0.05, 0) is 43.2 Å². The minimum Gasteiger partial charge on any atom is -0.496 e. The van der Waals surface area contributed by atoms with E-state index in [0.717, 1.165) is 22.6 Å². The van der Waals surface area contributed by atoms with Crippen LogP contribution in [-0.4, -0.2) is 19.6 Å². The zero-order valence-corrected chi connectivity index (χ0v) is 16.3. The molecule has 4 heteroatoms. The van der Waals surface area contributed by atoms with Crippen LogP contribution in [0.3, 0.4) is 0 Å². The summed E-state index contributed by atoms with van der Waals surface area (Å²) >= 11 is 0. The van der Waals surface area contributed by atoms with E-state index < -0.39 is 0 Å². The second-order valence-corrected chi connectivity index (χ2v) is 6.58. The molecule has 0 heterocycles. The van der Waals surface area contributed by atoms with Crippen LogP contribution in [0.25, 0.3) is 0 Å². The van der Waals surface area contributed by atoms with Crippen molar-refractivity contribution in [3.05, 3.63) is 95.1 Å². The zero-order chi connectivity index (χ0) is 19.8. The maximum absolute atomic E-state index is 12.7. The Labute approximate surface area is 166 Å². The van der Waals surface area contributed by atoms with Crippen LogP contribution in [0.2, 0.25) is 0 Å². The summed E-state index contributed by atoms with van der Waals surface area (Å²) in [6.45, 7) is 2.93. The first-order chi connectivity index (χ1) is 13.7. The molecule has 0 aliphatic heterocycles. The molecule has 0 bridgehead atoms. The largest absolute Gasteiger partial charge is 0.496 e. The molecule has 28 heavy (non-hydrogen) atoms. The summed E-state index contributed by atoms with van der Waals surface area (Å²) < 4.78 is 11.2. The predicted octanol–water partition coefficient (Wildman–Crippen LogP) is 4.56. The zero-order valence-electron chi connectivity index (χ0n) is 16.3. The van der Waals surface area contributed by atoms with Gasteiger partial charge in [0.2, 0.25) is 0 Å². The van der Waals surface area contributed by atoms with E-state index in [1.54, 1.807) is 7.11 Å². The Morgan fingerprint density at radius 2 is 1.68 bits per heavy atom. The van der Waals surface area contributed by atoms with Crippen molar-refractivity contribution in [3.63, 3.8) is 0 Å². The first-order valence-corrected chi connectivity index (χ1v) is 9.35. The van der Waals surface area contributed by atoms with Crippen LogP contribution in [0.1, 0.15) is 27.0 Å². The number of methoxy groups -OCH3 is 1. The fourth-order valence-electron chi connectivity index (χ4n) is 3.05. The van der Waals surface area contributed by atoms with Gasteiger partial charge in [0.1, 0.15) is 18.1 Å². The third-order valence-electron chi connectivity index (χ3n) is 4.52. The number of amides is 1. The van der Waals surface area contributed by atoms with E-state index in [2.05, 4.69) is 11.4 Å². The van der Waals surface area contributed by atoms with Crippen LogP contribution in [0, 0.1) is 6.92 Å². The highest BCUT2D eigenvalue weighted by molar-refractivity contribution is 5.95. The Morgan fingerprint density at radius 1 is 0.929 bits per heavy atom. The van der Waals surface area contributed by atoms with Crippen molar-refractivity contribution in [3.8, 4) is 11.5 Å². The Morgan fingerprint density at radius 3 is 2.46 bits per heavy atom. The maximum Gasteiger partial charge on any atom is 0.251 e. The van der Waals surface area contributed by atoms with Gasteiger partial charge >= 0.3 is 0 Å². The third kappa shape index (κ3) is 5.13. The molecular weight excluding hydrogens is 350 g/mol. The minimum absolute atomic E-state index is 0.0983. The number of carbonyl (C=O) groups is 1. The number of para-hydroxylation sites is 1. The van der Waals surface area contributed by atoms with Gasteiger partial charge in [-0.15, -0.1) is 0 Å². The van der Waals surface area contributed by atoms with Gasteiger partial charge in [-0.2, -0.15) is 0 Å². The van der Waals surface area contributed by atoms with E-state index in [4.69, 9.17) is 9.47 Å². The summed E-state index contributed by atoms with van der Waals surface area (Å²) in [7, 11) is 1.66. The summed E-state index contributed by atoms with van der Waals surface area (Å²) in [4.78, 5) is 12.7. The van der Waals surface area contributed by atoms with Crippen molar-refractivity contribution < 1.29 is 14.3 Å². The summed E-state index contributed by atoms with van der Waals surface area (Å²) in [6.07, 6.45) is 0.708. The Kier molecular flexibility index (Phi) is 6.68. The molecule has 144 valence electrons. The molecule has 0 saturated heterocycles. The van der Waals surface area contributed by atoms with Crippen LogP contribution >= 0.6 is 0 Å². The molecule has 0 unspecified atom stereocenters. The SMILES string of the molecule is COc1ccc(C)cc1CCNC(=O)c1ccccc1COc1ccccc1. The smallest absolute Gasteiger partial charge is 0.251 e. The third-order valence-corrected chi connectivity index (χ3v) is 4.52. The summed E-state index contributed by atoms with van der Waals surface area (Å²) in [5.74, 6) is 1.53. The lowest BCUT2D eigenvalue weighted by atomic mass is 10.1. The fourth-order valence-corrected chi connectivity index (χ4v) is 3.05. The van der Waals surface area contributed by atoms with Gasteiger partial charge in [-0.1, -0.05) is 54.1 Å². The van der Waals surface area contributed by atoms with E-state index in [1.165, 1.54) is 5.56 Å². The average Bonchev–Trinajstić information content (AvgIpc) is 2.73. The monoisotopic (exact) mass is 375 g/mol. The van der Waals surface area contributed by atoms with Crippen molar-refractivity contribution >= 4 is 5.91 Å². The quantitative estimate of drug-likeness (QED) is 0.628. The van der Waals surface area contributed by atoms with Crippen molar-refractivity contribution in [1.82, 2.24) is 5.32 Å². The van der Waals surface area contributed by atoms with Gasteiger partial charge in [0.05, 0.1) is 7.11 Å². The Hall–Kier alpha value is -3.27. The average molecular weight is 375 g/mol. The summed E-state index contributed by atoms with van der Waals surface area (Å²) in [5, 5.41) is 3.01. The number of aryl methyl sites for hydroxylation is 1. The number of hydrogen-bond donors (Lipinski definition) is 1. The van der Waals surface area contributed by atoms with E-state index in [9.17, 15) is 4.79 Å². The molecular formula is C24H25NO3. The fraction of sp³-hybridized carbons (Fsp3) is 0.208. The first-order valence-electron chi connectivity index (χ1n) is 9.35. The van der Waals surface area contributed by atoms with E-state index >= 15 is 0 Å². The highest BCUT2D eigenvalue weighted by atomic mass is 16.5. The molecule has 3 rings (SSSR count). The standard InChI is InChI=1S/C24H25NO3/c1-18-12-13-23(27-2)19(16-18)14-15-25-24(26)22-11-7-6-8-20(22)17-28-21-9-4-3-5-10-21/h3-13,16H,14-15,17H2,1-2H3,(H,25,26). The molecule has 3 aromatic carbocycles. The van der Waals surface area contributed by atoms with Crippen LogP contribution in [0.15, 0.2) is 72.8 Å². The molecule has 0 aliphatic carbocycles. The number of carbonyl (C=O) groups excluding carboxylic acids is 1. The lowest BCUT2D eigenvalue weighted by Crippen LogP contribution is -2.27. The van der Waals surface area contributed by atoms with Crippen LogP contribution in [-0.2, 0) is 13.0 Å². The number of nitrogens with one attached hydrogen (secondary N) is 1. The Bertz CT molecular complexity index is 922. The molecule has 0 atom stereocenters. The first kappa shape index (κ1) is 19.5. The molecule has 0 spiro atoms. The molecule has 0 radical (unpaired) electrons.